The highest BCUT2D eigenvalue weighted by molar-refractivity contribution is 6.05. The van der Waals surface area contributed by atoms with E-state index in [1.807, 2.05) is 69.3 Å². The van der Waals surface area contributed by atoms with Crippen LogP contribution in [0.25, 0.3) is 0 Å². The second kappa shape index (κ2) is 11.8. The van der Waals surface area contributed by atoms with Gasteiger partial charge in [-0.3, -0.25) is 14.4 Å². The molecule has 1 spiro atoms. The van der Waals surface area contributed by atoms with Gasteiger partial charge in [0.25, 0.3) is 5.91 Å². The van der Waals surface area contributed by atoms with Gasteiger partial charge in [-0.25, -0.2) is 0 Å². The molecule has 0 radical (unpaired) electrons. The second-order valence-corrected chi connectivity index (χ2v) is 12.5. The van der Waals surface area contributed by atoms with E-state index in [0.29, 0.717) is 24.9 Å². The van der Waals surface area contributed by atoms with E-state index in [1.54, 1.807) is 4.90 Å². The molecule has 4 aliphatic heterocycles. The van der Waals surface area contributed by atoms with Gasteiger partial charge >= 0.3 is 5.97 Å². The van der Waals surface area contributed by atoms with E-state index >= 15 is 0 Å². The number of aliphatic hydroxyl groups excluding tert-OH is 1. The standard InChI is InChI=1S/C33H45N3O6/c1-6-34(7-2)23-12-14-24(15-13-23)35-18-11-17-33-26(27-31(40)41-19-10-8-9-16-32(27,5)42-33)29(38)36(28(33)30(35)39)25(21-37)20-22(3)4/h9,11-17,22,25-28,37H,6-8,10,18-21H2,1-5H3/b16-9-/t25-,26+,27+,28?,32-,33+/m1/s1. The summed E-state index contributed by atoms with van der Waals surface area (Å²) in [6.45, 7) is 12.1. The molecular formula is C33H45N3O6. The molecule has 2 amide bonds. The molecule has 42 heavy (non-hydrogen) atoms. The van der Waals surface area contributed by atoms with E-state index in [2.05, 4.69) is 18.7 Å². The first kappa shape index (κ1) is 30.3. The predicted molar refractivity (Wildman–Crippen MR) is 161 cm³/mol. The molecule has 2 saturated heterocycles. The van der Waals surface area contributed by atoms with Crippen LogP contribution in [0, 0.1) is 17.8 Å². The van der Waals surface area contributed by atoms with Crippen molar-refractivity contribution in [1.29, 1.82) is 0 Å². The Bertz CT molecular complexity index is 1240. The van der Waals surface area contributed by atoms with Gasteiger partial charge in [0.15, 0.2) is 0 Å². The van der Waals surface area contributed by atoms with Crippen molar-refractivity contribution in [3.8, 4) is 0 Å². The van der Waals surface area contributed by atoms with Gasteiger partial charge in [0.2, 0.25) is 5.91 Å². The molecule has 1 N–H and O–H groups in total. The number of anilines is 2. The number of amides is 2. The van der Waals surface area contributed by atoms with Crippen LogP contribution >= 0.6 is 0 Å². The van der Waals surface area contributed by atoms with Crippen molar-refractivity contribution in [2.45, 2.75) is 77.2 Å². The van der Waals surface area contributed by atoms with Gasteiger partial charge in [-0.15, -0.1) is 0 Å². The average Bonchev–Trinajstić information content (AvgIpc) is 3.32. The largest absolute Gasteiger partial charge is 0.465 e. The van der Waals surface area contributed by atoms with Crippen LogP contribution in [0.4, 0.5) is 11.4 Å². The first-order valence-corrected chi connectivity index (χ1v) is 15.4. The summed E-state index contributed by atoms with van der Waals surface area (Å²) in [5.74, 6) is -2.86. The minimum absolute atomic E-state index is 0.162. The lowest BCUT2D eigenvalue weighted by Gasteiger charge is -2.40. The summed E-state index contributed by atoms with van der Waals surface area (Å²) in [5.41, 5.74) is -0.748. The highest BCUT2D eigenvalue weighted by Gasteiger charge is 2.75. The first-order valence-electron chi connectivity index (χ1n) is 15.4. The van der Waals surface area contributed by atoms with Crippen LogP contribution in [0.5, 0.6) is 0 Å². The van der Waals surface area contributed by atoms with Gasteiger partial charge < -0.3 is 29.3 Å². The number of hydrogen-bond donors (Lipinski definition) is 1. The fourth-order valence-electron chi connectivity index (χ4n) is 7.45. The van der Waals surface area contributed by atoms with Crippen molar-refractivity contribution in [2.24, 2.45) is 17.8 Å². The molecule has 1 aromatic rings. The number of carbonyl (C=O) groups is 3. The zero-order valence-electron chi connectivity index (χ0n) is 25.5. The molecule has 6 atom stereocenters. The second-order valence-electron chi connectivity index (χ2n) is 12.5. The van der Waals surface area contributed by atoms with E-state index in [9.17, 15) is 19.5 Å². The molecule has 0 aliphatic carbocycles. The molecule has 1 aromatic carbocycles. The Labute approximate surface area is 249 Å². The molecule has 9 heteroatoms. The van der Waals surface area contributed by atoms with Crippen LogP contribution in [0.2, 0.25) is 0 Å². The zero-order valence-corrected chi connectivity index (χ0v) is 25.5. The molecule has 0 bridgehead atoms. The average molecular weight is 580 g/mol. The van der Waals surface area contributed by atoms with Crippen LogP contribution in [0.1, 0.15) is 53.9 Å². The van der Waals surface area contributed by atoms with Crippen LogP contribution in [0.3, 0.4) is 0 Å². The number of aliphatic hydroxyl groups is 1. The molecule has 2 fully saturated rings. The molecule has 4 aliphatic rings. The quantitative estimate of drug-likeness (QED) is 0.370. The first-order chi connectivity index (χ1) is 20.1. The summed E-state index contributed by atoms with van der Waals surface area (Å²) in [5, 5.41) is 10.5. The molecule has 4 heterocycles. The summed E-state index contributed by atoms with van der Waals surface area (Å²) >= 11 is 0. The SMILES string of the molecule is CCN(CC)c1ccc(N2CC=C[C@]34O[C@]5(C)/C=C\CCCOC(=O)[C@@H]5[C@H]3C(=O)N([C@@H](CO)CC(C)C)C4C2=O)cc1. The van der Waals surface area contributed by atoms with E-state index < -0.39 is 41.1 Å². The van der Waals surface area contributed by atoms with Crippen LogP contribution in [-0.4, -0.2) is 83.9 Å². The summed E-state index contributed by atoms with van der Waals surface area (Å²) < 4.78 is 12.5. The molecule has 228 valence electrons. The van der Waals surface area contributed by atoms with E-state index in [1.165, 1.54) is 4.90 Å². The number of rotatable bonds is 8. The summed E-state index contributed by atoms with van der Waals surface area (Å²) in [4.78, 5) is 48.3. The number of hydrogen-bond acceptors (Lipinski definition) is 7. The minimum atomic E-state index is -1.39. The van der Waals surface area contributed by atoms with E-state index in [4.69, 9.17) is 9.47 Å². The smallest absolute Gasteiger partial charge is 0.313 e. The molecule has 0 saturated carbocycles. The lowest BCUT2D eigenvalue weighted by Crippen LogP contribution is -2.59. The Morgan fingerprint density at radius 2 is 1.74 bits per heavy atom. The van der Waals surface area contributed by atoms with Gasteiger partial charge in [0.1, 0.15) is 17.6 Å². The summed E-state index contributed by atoms with van der Waals surface area (Å²) in [6, 6.07) is 6.22. The van der Waals surface area contributed by atoms with Crippen molar-refractivity contribution >= 4 is 29.2 Å². The van der Waals surface area contributed by atoms with Gasteiger partial charge in [0, 0.05) is 31.0 Å². The lowest BCUT2D eigenvalue weighted by atomic mass is 9.74. The maximum Gasteiger partial charge on any atom is 0.313 e. The number of allylic oxidation sites excluding steroid dienone is 1. The highest BCUT2D eigenvalue weighted by Crippen LogP contribution is 2.57. The molecule has 0 aromatic heterocycles. The van der Waals surface area contributed by atoms with E-state index in [0.717, 1.165) is 18.8 Å². The van der Waals surface area contributed by atoms with E-state index in [-0.39, 0.29) is 37.5 Å². The number of cyclic esters (lactones) is 1. The topological polar surface area (TPSA) is 99.6 Å². The number of benzene rings is 1. The third kappa shape index (κ3) is 4.94. The fourth-order valence-corrected chi connectivity index (χ4v) is 7.45. The Morgan fingerprint density at radius 1 is 1.02 bits per heavy atom. The van der Waals surface area contributed by atoms with Crippen molar-refractivity contribution < 1.29 is 29.0 Å². The van der Waals surface area contributed by atoms with Crippen molar-refractivity contribution in [2.75, 3.05) is 42.6 Å². The van der Waals surface area contributed by atoms with Crippen molar-refractivity contribution in [3.05, 3.63) is 48.6 Å². The molecule has 9 nitrogen and oxygen atoms in total. The van der Waals surface area contributed by atoms with Crippen LogP contribution < -0.4 is 9.80 Å². The number of nitrogens with zero attached hydrogens (tertiary/aromatic N) is 3. The maximum atomic E-state index is 14.7. The normalized spacial score (nSPS) is 32.4. The number of ether oxygens (including phenoxy) is 2. The van der Waals surface area contributed by atoms with Crippen molar-refractivity contribution in [3.63, 3.8) is 0 Å². The number of carbonyl (C=O) groups excluding carboxylic acids is 3. The third-order valence-electron chi connectivity index (χ3n) is 9.33. The Morgan fingerprint density at radius 3 is 2.38 bits per heavy atom. The van der Waals surface area contributed by atoms with Gasteiger partial charge in [-0.1, -0.05) is 38.2 Å². The van der Waals surface area contributed by atoms with Crippen LogP contribution in [0.15, 0.2) is 48.6 Å². The summed E-state index contributed by atoms with van der Waals surface area (Å²) in [7, 11) is 0. The number of esters is 1. The number of likely N-dealkylation sites (tertiary alicyclic amines) is 1. The van der Waals surface area contributed by atoms with Gasteiger partial charge in [-0.05, 0) is 70.2 Å². The van der Waals surface area contributed by atoms with Gasteiger partial charge in [-0.2, -0.15) is 0 Å². The Balaban J connectivity index is 1.62. The maximum absolute atomic E-state index is 14.7. The fraction of sp³-hybridized carbons (Fsp3) is 0.606. The Hall–Kier alpha value is -3.17. The number of fused-ring (bicyclic) bond motifs is 2. The van der Waals surface area contributed by atoms with Crippen molar-refractivity contribution in [1.82, 2.24) is 4.90 Å². The predicted octanol–water partition coefficient (Wildman–Crippen LogP) is 3.71. The molecular weight excluding hydrogens is 534 g/mol. The monoisotopic (exact) mass is 579 g/mol. The zero-order chi connectivity index (χ0) is 30.2. The highest BCUT2D eigenvalue weighted by atomic mass is 16.6. The third-order valence-corrected chi connectivity index (χ3v) is 9.33. The van der Waals surface area contributed by atoms with Crippen LogP contribution in [-0.2, 0) is 23.9 Å². The summed E-state index contributed by atoms with van der Waals surface area (Å²) in [6.07, 6.45) is 9.46. The van der Waals surface area contributed by atoms with Gasteiger partial charge in [0.05, 0.1) is 30.8 Å². The molecule has 5 rings (SSSR count). The Kier molecular flexibility index (Phi) is 8.54. The lowest BCUT2D eigenvalue weighted by molar-refractivity contribution is -0.159. The minimum Gasteiger partial charge on any atom is -0.465 e. The molecule has 1 unspecified atom stereocenters.